The Labute approximate surface area is 125 Å². The molecule has 1 aliphatic heterocycles. The molecule has 106 valence electrons. The van der Waals surface area contributed by atoms with E-state index in [1.54, 1.807) is 17.8 Å². The molecule has 21 heavy (non-hydrogen) atoms. The van der Waals surface area contributed by atoms with Crippen molar-refractivity contribution in [2.75, 3.05) is 11.1 Å². The lowest BCUT2D eigenvalue weighted by molar-refractivity contribution is -0.117. The maximum absolute atomic E-state index is 12.4. The highest BCUT2D eigenvalue weighted by molar-refractivity contribution is 7.99. The van der Waals surface area contributed by atoms with E-state index in [1.807, 2.05) is 24.3 Å². The molecule has 5 nitrogen and oxygen atoms in total. The lowest BCUT2D eigenvalue weighted by atomic mass is 10.0. The number of anilines is 1. The van der Waals surface area contributed by atoms with E-state index in [2.05, 4.69) is 10.3 Å². The number of carbonyl (C=O) groups excluding carboxylic acids is 1. The van der Waals surface area contributed by atoms with E-state index >= 15 is 0 Å². The molecule has 0 radical (unpaired) electrons. The summed E-state index contributed by atoms with van der Waals surface area (Å²) in [5.41, 5.74) is 1.38. The number of fused-ring (bicyclic) bond motifs is 1. The quantitative estimate of drug-likeness (QED) is 0.911. The van der Waals surface area contributed by atoms with E-state index < -0.39 is 5.97 Å². The Hall–Kier alpha value is -2.34. The number of carboxylic acid groups (broad SMARTS) is 1. The number of aromatic nitrogens is 1. The minimum atomic E-state index is -1.12. The third-order valence-corrected chi connectivity index (χ3v) is 4.45. The van der Waals surface area contributed by atoms with Crippen LogP contribution >= 0.6 is 11.8 Å². The van der Waals surface area contributed by atoms with Crippen molar-refractivity contribution in [3.63, 3.8) is 0 Å². The first kappa shape index (κ1) is 13.6. The number of aromatic carboxylic acids is 1. The number of rotatable bonds is 3. The molecule has 0 aliphatic carbocycles. The lowest BCUT2D eigenvalue weighted by Gasteiger charge is -2.11. The van der Waals surface area contributed by atoms with Gasteiger partial charge in [0, 0.05) is 22.5 Å². The Kier molecular flexibility index (Phi) is 3.62. The van der Waals surface area contributed by atoms with Gasteiger partial charge in [-0.3, -0.25) is 4.79 Å². The molecule has 1 amide bonds. The molecule has 6 heteroatoms. The predicted octanol–water partition coefficient (Wildman–Crippen LogP) is 2.61. The van der Waals surface area contributed by atoms with Crippen molar-refractivity contribution >= 4 is 29.3 Å². The molecule has 1 aromatic heterocycles. The molecule has 2 aromatic rings. The van der Waals surface area contributed by atoms with Gasteiger partial charge in [-0.25, -0.2) is 9.78 Å². The van der Waals surface area contributed by atoms with E-state index in [-0.39, 0.29) is 17.5 Å². The molecule has 1 unspecified atom stereocenters. The van der Waals surface area contributed by atoms with Crippen molar-refractivity contribution in [3.05, 3.63) is 53.9 Å². The molecule has 2 heterocycles. The van der Waals surface area contributed by atoms with Crippen LogP contribution < -0.4 is 5.32 Å². The zero-order valence-electron chi connectivity index (χ0n) is 10.9. The van der Waals surface area contributed by atoms with Crippen LogP contribution in [0.3, 0.4) is 0 Å². The number of carboxylic acids is 1. The van der Waals surface area contributed by atoms with Gasteiger partial charge in [0.05, 0.1) is 5.92 Å². The van der Waals surface area contributed by atoms with Crippen LogP contribution in [0.2, 0.25) is 0 Å². The lowest BCUT2D eigenvalue weighted by Crippen LogP contribution is -2.21. The van der Waals surface area contributed by atoms with Crippen LogP contribution in [0.5, 0.6) is 0 Å². The number of nitrogens with one attached hydrogen (secondary N) is 1. The number of hydrogen-bond acceptors (Lipinski definition) is 4. The number of hydrogen-bond donors (Lipinski definition) is 2. The first-order chi connectivity index (χ1) is 10.1. The second kappa shape index (κ2) is 5.57. The third-order valence-electron chi connectivity index (χ3n) is 3.26. The van der Waals surface area contributed by atoms with Gasteiger partial charge in [-0.15, -0.1) is 11.8 Å². The summed E-state index contributed by atoms with van der Waals surface area (Å²) in [5.74, 6) is -0.766. The first-order valence-electron chi connectivity index (χ1n) is 6.37. The summed E-state index contributed by atoms with van der Waals surface area (Å²) >= 11 is 1.66. The number of amides is 1. The highest BCUT2D eigenvalue weighted by atomic mass is 32.2. The van der Waals surface area contributed by atoms with Gasteiger partial charge in [-0.05, 0) is 23.8 Å². The molecule has 1 atom stereocenters. The number of pyridine rings is 1. The average Bonchev–Trinajstić information content (AvgIpc) is 2.91. The van der Waals surface area contributed by atoms with E-state index in [0.29, 0.717) is 11.4 Å². The molecule has 1 aliphatic rings. The molecule has 0 fully saturated rings. The fraction of sp³-hybridized carbons (Fsp3) is 0.133. The molecular formula is C15H12N2O3S. The molecule has 3 rings (SSSR count). The Morgan fingerprint density at radius 1 is 1.29 bits per heavy atom. The smallest absolute Gasteiger partial charge is 0.354 e. The first-order valence-corrected chi connectivity index (χ1v) is 7.35. The minimum Gasteiger partial charge on any atom is -0.477 e. The number of carbonyl (C=O) groups is 2. The Balaban J connectivity index is 1.79. The van der Waals surface area contributed by atoms with Crippen molar-refractivity contribution in [1.29, 1.82) is 0 Å². The molecular weight excluding hydrogens is 288 g/mol. The standard InChI is InChI=1S/C15H12N2O3S/c18-14(11-8-21-13-4-2-1-3-10(11)13)17-9-5-6-16-12(7-9)15(19)20/h1-7,11H,8H2,(H,19,20)(H,16,17,18). The van der Waals surface area contributed by atoms with Crippen molar-refractivity contribution < 1.29 is 14.7 Å². The second-order valence-corrected chi connectivity index (χ2v) is 5.69. The number of nitrogens with zero attached hydrogens (tertiary/aromatic N) is 1. The van der Waals surface area contributed by atoms with Crippen molar-refractivity contribution in [3.8, 4) is 0 Å². The summed E-state index contributed by atoms with van der Waals surface area (Å²) in [7, 11) is 0. The van der Waals surface area contributed by atoms with Gasteiger partial charge in [0.15, 0.2) is 0 Å². The van der Waals surface area contributed by atoms with E-state index in [4.69, 9.17) is 5.11 Å². The molecule has 0 spiro atoms. The van der Waals surface area contributed by atoms with Crippen LogP contribution in [0.25, 0.3) is 0 Å². The summed E-state index contributed by atoms with van der Waals surface area (Å²) in [6, 6.07) is 10.8. The van der Waals surface area contributed by atoms with Gasteiger partial charge >= 0.3 is 5.97 Å². The van der Waals surface area contributed by atoms with E-state index in [9.17, 15) is 9.59 Å². The molecule has 0 saturated carbocycles. The highest BCUT2D eigenvalue weighted by Gasteiger charge is 2.29. The van der Waals surface area contributed by atoms with Gasteiger partial charge in [-0.2, -0.15) is 0 Å². The zero-order valence-corrected chi connectivity index (χ0v) is 11.8. The summed E-state index contributed by atoms with van der Waals surface area (Å²) < 4.78 is 0. The van der Waals surface area contributed by atoms with Crippen LogP contribution in [0.4, 0.5) is 5.69 Å². The average molecular weight is 300 g/mol. The van der Waals surface area contributed by atoms with Crippen LogP contribution in [0, 0.1) is 0 Å². The van der Waals surface area contributed by atoms with Crippen molar-refractivity contribution in [2.24, 2.45) is 0 Å². The number of benzene rings is 1. The van der Waals surface area contributed by atoms with Crippen LogP contribution in [0.1, 0.15) is 22.0 Å². The van der Waals surface area contributed by atoms with Gasteiger partial charge in [0.2, 0.25) is 5.91 Å². The Bertz CT molecular complexity index is 718. The fourth-order valence-electron chi connectivity index (χ4n) is 2.23. The van der Waals surface area contributed by atoms with Gasteiger partial charge < -0.3 is 10.4 Å². The molecule has 1 aromatic carbocycles. The van der Waals surface area contributed by atoms with Crippen molar-refractivity contribution in [2.45, 2.75) is 10.8 Å². The van der Waals surface area contributed by atoms with E-state index in [0.717, 1.165) is 10.5 Å². The zero-order chi connectivity index (χ0) is 14.8. The monoisotopic (exact) mass is 300 g/mol. The molecule has 0 saturated heterocycles. The maximum atomic E-state index is 12.4. The van der Waals surface area contributed by atoms with Crippen molar-refractivity contribution in [1.82, 2.24) is 4.98 Å². The Morgan fingerprint density at radius 3 is 2.90 bits per heavy atom. The summed E-state index contributed by atoms with van der Waals surface area (Å²) in [6.07, 6.45) is 1.37. The minimum absolute atomic E-state index is 0.0889. The van der Waals surface area contributed by atoms with Crippen LogP contribution in [-0.4, -0.2) is 27.7 Å². The normalized spacial score (nSPS) is 16.3. The number of thioether (sulfide) groups is 1. The second-order valence-electron chi connectivity index (χ2n) is 4.63. The predicted molar refractivity (Wildman–Crippen MR) is 79.7 cm³/mol. The van der Waals surface area contributed by atoms with E-state index in [1.165, 1.54) is 12.3 Å². The summed E-state index contributed by atoms with van der Waals surface area (Å²) in [5, 5.41) is 11.7. The van der Waals surface area contributed by atoms with Gasteiger partial charge in [0.1, 0.15) is 5.69 Å². The van der Waals surface area contributed by atoms with Crippen LogP contribution in [0.15, 0.2) is 47.5 Å². The molecule has 2 N–H and O–H groups in total. The van der Waals surface area contributed by atoms with Gasteiger partial charge in [-0.1, -0.05) is 18.2 Å². The SMILES string of the molecule is O=C(O)c1cc(NC(=O)C2CSc3ccccc32)ccn1. The maximum Gasteiger partial charge on any atom is 0.354 e. The Morgan fingerprint density at radius 2 is 2.10 bits per heavy atom. The highest BCUT2D eigenvalue weighted by Crippen LogP contribution is 2.39. The summed E-state index contributed by atoms with van der Waals surface area (Å²) in [6.45, 7) is 0. The van der Waals surface area contributed by atoms with Crippen LogP contribution in [-0.2, 0) is 4.79 Å². The summed E-state index contributed by atoms with van der Waals surface area (Å²) in [4.78, 5) is 28.1. The molecule has 0 bridgehead atoms. The van der Waals surface area contributed by atoms with Gasteiger partial charge in [0.25, 0.3) is 0 Å². The fourth-order valence-corrected chi connectivity index (χ4v) is 3.46. The topological polar surface area (TPSA) is 79.3 Å². The third kappa shape index (κ3) is 2.75. The largest absolute Gasteiger partial charge is 0.477 e.